The summed E-state index contributed by atoms with van der Waals surface area (Å²) in [6, 6.07) is 0.548. The molecule has 5 heteroatoms. The Bertz CT molecular complexity index is 435. The van der Waals surface area contributed by atoms with Crippen LogP contribution in [0.25, 0.3) is 0 Å². The molecule has 0 atom stereocenters. The molecule has 0 spiro atoms. The van der Waals surface area contributed by atoms with Crippen LogP contribution in [0.3, 0.4) is 0 Å². The van der Waals surface area contributed by atoms with E-state index in [9.17, 15) is 4.79 Å². The first kappa shape index (κ1) is 13.5. The molecule has 0 bridgehead atoms. The summed E-state index contributed by atoms with van der Waals surface area (Å²) in [7, 11) is 4.26. The van der Waals surface area contributed by atoms with Crippen LogP contribution in [-0.4, -0.2) is 48.9 Å². The van der Waals surface area contributed by atoms with E-state index in [1.807, 2.05) is 6.92 Å². The second-order valence-corrected chi connectivity index (χ2v) is 6.09. The molecule has 1 saturated heterocycles. The molecule has 1 fully saturated rings. The van der Waals surface area contributed by atoms with E-state index < -0.39 is 0 Å². The number of thiazole rings is 1. The zero-order chi connectivity index (χ0) is 13.3. The molecule has 18 heavy (non-hydrogen) atoms. The number of hydrogen-bond donors (Lipinski definition) is 0. The van der Waals surface area contributed by atoms with Crippen LogP contribution >= 0.6 is 11.3 Å². The number of ketones is 1. The fourth-order valence-electron chi connectivity index (χ4n) is 2.40. The molecule has 4 nitrogen and oxygen atoms in total. The van der Waals surface area contributed by atoms with Gasteiger partial charge < -0.3 is 9.80 Å². The molecule has 2 heterocycles. The highest BCUT2D eigenvalue weighted by atomic mass is 32.1. The number of hydrogen-bond acceptors (Lipinski definition) is 5. The summed E-state index contributed by atoms with van der Waals surface area (Å²) < 4.78 is 0. The summed E-state index contributed by atoms with van der Waals surface area (Å²) in [6.07, 6.45) is 2.34. The SMILES string of the molecule is CC(=O)c1sc(N(C)C2CCN(C)CC2)nc1C. The van der Waals surface area contributed by atoms with Crippen LogP contribution in [0.15, 0.2) is 0 Å². The molecule has 100 valence electrons. The van der Waals surface area contributed by atoms with Gasteiger partial charge in [0.15, 0.2) is 10.9 Å². The van der Waals surface area contributed by atoms with Crippen LogP contribution < -0.4 is 4.90 Å². The van der Waals surface area contributed by atoms with Crippen LogP contribution in [0.5, 0.6) is 0 Å². The van der Waals surface area contributed by atoms with E-state index in [0.29, 0.717) is 6.04 Å². The molecular weight excluding hydrogens is 246 g/mol. The highest BCUT2D eigenvalue weighted by Crippen LogP contribution is 2.29. The Hall–Kier alpha value is -0.940. The first-order valence-corrected chi connectivity index (χ1v) is 7.20. The molecule has 0 aliphatic carbocycles. The second kappa shape index (κ2) is 5.36. The Morgan fingerprint density at radius 2 is 2.06 bits per heavy atom. The van der Waals surface area contributed by atoms with Crippen LogP contribution in [0, 0.1) is 6.92 Å². The van der Waals surface area contributed by atoms with Gasteiger partial charge in [-0.1, -0.05) is 11.3 Å². The third-order valence-electron chi connectivity index (χ3n) is 3.64. The van der Waals surface area contributed by atoms with E-state index in [4.69, 9.17) is 0 Å². The van der Waals surface area contributed by atoms with Gasteiger partial charge in [-0.15, -0.1) is 0 Å². The molecule has 1 aliphatic heterocycles. The summed E-state index contributed by atoms with van der Waals surface area (Å²) in [4.78, 5) is 21.4. The van der Waals surface area contributed by atoms with Crippen molar-refractivity contribution in [1.29, 1.82) is 0 Å². The van der Waals surface area contributed by atoms with E-state index in [0.717, 1.165) is 28.8 Å². The average Bonchev–Trinajstić information content (AvgIpc) is 2.71. The zero-order valence-corrected chi connectivity index (χ0v) is 12.4. The maximum Gasteiger partial charge on any atom is 0.186 e. The number of piperidine rings is 1. The van der Waals surface area contributed by atoms with E-state index >= 15 is 0 Å². The van der Waals surface area contributed by atoms with Gasteiger partial charge in [0.1, 0.15) is 0 Å². The predicted molar refractivity (Wildman–Crippen MR) is 75.8 cm³/mol. The van der Waals surface area contributed by atoms with E-state index in [1.54, 1.807) is 6.92 Å². The molecule has 2 rings (SSSR count). The van der Waals surface area contributed by atoms with Gasteiger partial charge in [-0.25, -0.2) is 4.98 Å². The maximum absolute atomic E-state index is 11.5. The van der Waals surface area contributed by atoms with Crippen molar-refractivity contribution in [3.05, 3.63) is 10.6 Å². The summed E-state index contributed by atoms with van der Waals surface area (Å²) in [5.74, 6) is 0.119. The van der Waals surface area contributed by atoms with Crippen molar-refractivity contribution in [3.63, 3.8) is 0 Å². The number of carbonyl (C=O) groups is 1. The molecule has 0 aromatic carbocycles. The van der Waals surface area contributed by atoms with Crippen LogP contribution in [-0.2, 0) is 0 Å². The summed E-state index contributed by atoms with van der Waals surface area (Å²) >= 11 is 1.52. The Labute approximate surface area is 113 Å². The number of aryl methyl sites for hydroxylation is 1. The number of likely N-dealkylation sites (tertiary alicyclic amines) is 1. The Morgan fingerprint density at radius 3 is 2.56 bits per heavy atom. The van der Waals surface area contributed by atoms with Gasteiger partial charge in [0.25, 0.3) is 0 Å². The summed E-state index contributed by atoms with van der Waals surface area (Å²) in [5, 5.41) is 0.979. The van der Waals surface area contributed by atoms with E-state index in [2.05, 4.69) is 28.9 Å². The monoisotopic (exact) mass is 267 g/mol. The van der Waals surface area contributed by atoms with Crippen molar-refractivity contribution in [2.24, 2.45) is 0 Å². The lowest BCUT2D eigenvalue weighted by molar-refractivity contribution is 0.102. The molecule has 0 unspecified atom stereocenters. The normalized spacial score (nSPS) is 18.0. The minimum Gasteiger partial charge on any atom is -0.348 e. The Morgan fingerprint density at radius 1 is 1.44 bits per heavy atom. The van der Waals surface area contributed by atoms with Gasteiger partial charge >= 0.3 is 0 Å². The van der Waals surface area contributed by atoms with Crippen molar-refractivity contribution in [2.75, 3.05) is 32.1 Å². The van der Waals surface area contributed by atoms with Crippen molar-refractivity contribution < 1.29 is 4.79 Å². The molecule has 0 amide bonds. The first-order chi connectivity index (χ1) is 8.49. The number of aromatic nitrogens is 1. The Balaban J connectivity index is 2.11. The topological polar surface area (TPSA) is 36.4 Å². The van der Waals surface area contributed by atoms with Gasteiger partial charge in [0, 0.05) is 20.0 Å². The second-order valence-electron chi connectivity index (χ2n) is 5.11. The van der Waals surface area contributed by atoms with Crippen LogP contribution in [0.4, 0.5) is 5.13 Å². The van der Waals surface area contributed by atoms with Crippen molar-refractivity contribution in [1.82, 2.24) is 9.88 Å². The van der Waals surface area contributed by atoms with Crippen molar-refractivity contribution >= 4 is 22.3 Å². The number of anilines is 1. The fourth-order valence-corrected chi connectivity index (χ4v) is 3.39. The lowest BCUT2D eigenvalue weighted by Gasteiger charge is -2.34. The maximum atomic E-state index is 11.5. The summed E-state index contributed by atoms with van der Waals surface area (Å²) in [6.45, 7) is 5.80. The lowest BCUT2D eigenvalue weighted by Crippen LogP contribution is -2.41. The average molecular weight is 267 g/mol. The number of rotatable bonds is 3. The van der Waals surface area contributed by atoms with E-state index in [-0.39, 0.29) is 5.78 Å². The third-order valence-corrected chi connectivity index (χ3v) is 4.99. The zero-order valence-electron chi connectivity index (χ0n) is 11.6. The lowest BCUT2D eigenvalue weighted by atomic mass is 10.0. The van der Waals surface area contributed by atoms with E-state index in [1.165, 1.54) is 24.2 Å². The van der Waals surface area contributed by atoms with Crippen molar-refractivity contribution in [2.45, 2.75) is 32.7 Å². The smallest absolute Gasteiger partial charge is 0.186 e. The highest BCUT2D eigenvalue weighted by Gasteiger charge is 2.23. The van der Waals surface area contributed by atoms with Crippen LogP contribution in [0.2, 0.25) is 0 Å². The minimum atomic E-state index is 0.119. The minimum absolute atomic E-state index is 0.119. The number of nitrogens with zero attached hydrogens (tertiary/aromatic N) is 3. The highest BCUT2D eigenvalue weighted by molar-refractivity contribution is 7.17. The number of carbonyl (C=O) groups excluding carboxylic acids is 1. The molecule has 1 aromatic heterocycles. The van der Waals surface area contributed by atoms with Gasteiger partial charge in [-0.2, -0.15) is 0 Å². The summed E-state index contributed by atoms with van der Waals surface area (Å²) in [5.41, 5.74) is 0.863. The fraction of sp³-hybridized carbons (Fsp3) is 0.692. The molecule has 0 radical (unpaired) electrons. The predicted octanol–water partition coefficient (Wildman–Crippen LogP) is 2.18. The quantitative estimate of drug-likeness (QED) is 0.787. The van der Waals surface area contributed by atoms with Gasteiger partial charge in [-0.05, 0) is 39.9 Å². The molecule has 1 aromatic rings. The molecular formula is C13H21N3OS. The van der Waals surface area contributed by atoms with Crippen molar-refractivity contribution in [3.8, 4) is 0 Å². The molecule has 0 saturated carbocycles. The Kier molecular flexibility index (Phi) is 4.02. The molecule has 0 N–H and O–H groups in total. The standard InChI is InChI=1S/C13H21N3OS/c1-9-12(10(2)17)18-13(14-9)16(4)11-5-7-15(3)8-6-11/h11H,5-8H2,1-4H3. The number of Topliss-reactive ketones (excluding diaryl/α,β-unsaturated/α-hetero) is 1. The first-order valence-electron chi connectivity index (χ1n) is 6.38. The van der Waals surface area contributed by atoms with Crippen LogP contribution in [0.1, 0.15) is 35.1 Å². The molecule has 1 aliphatic rings. The third kappa shape index (κ3) is 2.72. The largest absolute Gasteiger partial charge is 0.348 e. The van der Waals surface area contributed by atoms with Gasteiger partial charge in [-0.3, -0.25) is 4.79 Å². The van der Waals surface area contributed by atoms with Gasteiger partial charge in [0.05, 0.1) is 10.6 Å². The van der Waals surface area contributed by atoms with Gasteiger partial charge in [0.2, 0.25) is 0 Å².